The molecule has 4 nitrogen and oxygen atoms in total. The van der Waals surface area contributed by atoms with Crippen LogP contribution in [-0.4, -0.2) is 13.1 Å². The summed E-state index contributed by atoms with van der Waals surface area (Å²) in [6, 6.07) is 2.94. The predicted octanol–water partition coefficient (Wildman–Crippen LogP) is 2.36. The molecule has 70 valence electrons. The fourth-order valence-electron chi connectivity index (χ4n) is 0.840. The molecule has 1 rings (SSSR count). The highest BCUT2D eigenvalue weighted by molar-refractivity contribution is 7.14. The number of nitroso groups, excluding NO2 is 1. The second kappa shape index (κ2) is 4.13. The number of methoxy groups -OCH3 is 1. The van der Waals surface area contributed by atoms with Gasteiger partial charge >= 0.3 is 5.97 Å². The van der Waals surface area contributed by atoms with E-state index in [1.165, 1.54) is 18.4 Å². The van der Waals surface area contributed by atoms with Gasteiger partial charge in [-0.05, 0) is 19.1 Å². The van der Waals surface area contributed by atoms with E-state index in [0.29, 0.717) is 4.88 Å². The summed E-state index contributed by atoms with van der Waals surface area (Å²) in [6.45, 7) is 1.68. The Morgan fingerprint density at radius 3 is 2.85 bits per heavy atom. The SMILES string of the molecule is COC(=O)c1ccc(C(C)N=O)s1. The number of hydrogen-bond acceptors (Lipinski definition) is 5. The van der Waals surface area contributed by atoms with Crippen LogP contribution >= 0.6 is 11.3 Å². The molecule has 1 aromatic heterocycles. The summed E-state index contributed by atoms with van der Waals surface area (Å²) in [5.74, 6) is -0.380. The van der Waals surface area contributed by atoms with Crippen LogP contribution in [0.2, 0.25) is 0 Å². The van der Waals surface area contributed by atoms with Crippen molar-refractivity contribution in [2.45, 2.75) is 13.0 Å². The van der Waals surface area contributed by atoms with Crippen molar-refractivity contribution in [2.75, 3.05) is 7.11 Å². The van der Waals surface area contributed by atoms with Gasteiger partial charge in [0, 0.05) is 4.88 Å². The van der Waals surface area contributed by atoms with Crippen LogP contribution in [0.5, 0.6) is 0 Å². The standard InChI is InChI=1S/C8H9NO3S/c1-5(9-11)6-3-4-7(13-6)8(10)12-2/h3-5H,1-2H3. The number of rotatable bonds is 3. The molecule has 0 saturated carbocycles. The summed E-state index contributed by atoms with van der Waals surface area (Å²) in [5, 5.41) is 2.87. The number of hydrogen-bond donors (Lipinski definition) is 0. The van der Waals surface area contributed by atoms with Crippen molar-refractivity contribution in [3.8, 4) is 0 Å². The number of esters is 1. The lowest BCUT2D eigenvalue weighted by molar-refractivity contribution is 0.0606. The molecule has 0 aliphatic heterocycles. The minimum absolute atomic E-state index is 0.380. The van der Waals surface area contributed by atoms with Crippen LogP contribution in [0.1, 0.15) is 27.5 Å². The highest BCUT2D eigenvalue weighted by atomic mass is 32.1. The summed E-state index contributed by atoms with van der Waals surface area (Å²) in [4.78, 5) is 22.5. The lowest BCUT2D eigenvalue weighted by Gasteiger charge is -1.95. The number of carbonyl (C=O) groups excluding carboxylic acids is 1. The topological polar surface area (TPSA) is 55.7 Å². The Hall–Kier alpha value is -1.23. The lowest BCUT2D eigenvalue weighted by Crippen LogP contribution is -1.96. The van der Waals surface area contributed by atoms with Crippen LogP contribution in [0.3, 0.4) is 0 Å². The van der Waals surface area contributed by atoms with Crippen molar-refractivity contribution >= 4 is 17.3 Å². The van der Waals surface area contributed by atoms with Crippen molar-refractivity contribution in [3.05, 3.63) is 26.8 Å². The minimum Gasteiger partial charge on any atom is -0.465 e. The molecule has 0 aliphatic rings. The van der Waals surface area contributed by atoms with Crippen LogP contribution in [0.15, 0.2) is 17.3 Å². The fraction of sp³-hybridized carbons (Fsp3) is 0.375. The molecule has 0 N–H and O–H groups in total. The Bertz CT molecular complexity index is 321. The zero-order chi connectivity index (χ0) is 9.84. The molecule has 0 fully saturated rings. The normalized spacial score (nSPS) is 12.2. The number of thiophene rings is 1. The van der Waals surface area contributed by atoms with Crippen LogP contribution in [0, 0.1) is 4.91 Å². The van der Waals surface area contributed by atoms with Gasteiger partial charge in [-0.25, -0.2) is 4.79 Å². The maximum Gasteiger partial charge on any atom is 0.348 e. The van der Waals surface area contributed by atoms with Gasteiger partial charge in [-0.15, -0.1) is 11.3 Å². The van der Waals surface area contributed by atoms with Gasteiger partial charge in [0.25, 0.3) is 0 Å². The third-order valence-electron chi connectivity index (χ3n) is 1.58. The molecule has 13 heavy (non-hydrogen) atoms. The Balaban J connectivity index is 2.86. The van der Waals surface area contributed by atoms with E-state index >= 15 is 0 Å². The van der Waals surface area contributed by atoms with Gasteiger partial charge < -0.3 is 4.74 Å². The molecule has 1 unspecified atom stereocenters. The average Bonchev–Trinajstić information content (AvgIpc) is 2.64. The minimum atomic E-state index is -0.400. The smallest absolute Gasteiger partial charge is 0.348 e. The zero-order valence-corrected chi connectivity index (χ0v) is 8.13. The Kier molecular flexibility index (Phi) is 3.13. The molecule has 1 atom stereocenters. The third kappa shape index (κ3) is 2.12. The lowest BCUT2D eigenvalue weighted by atomic mass is 10.3. The first-order valence-corrected chi connectivity index (χ1v) is 4.51. The van der Waals surface area contributed by atoms with Gasteiger partial charge in [-0.3, -0.25) is 0 Å². The summed E-state index contributed by atoms with van der Waals surface area (Å²) >= 11 is 1.23. The third-order valence-corrected chi connectivity index (χ3v) is 2.82. The maximum absolute atomic E-state index is 11.0. The fourth-order valence-corrected chi connectivity index (χ4v) is 1.75. The van der Waals surface area contributed by atoms with E-state index in [9.17, 15) is 9.70 Å². The second-order valence-electron chi connectivity index (χ2n) is 2.47. The molecule has 1 heterocycles. The van der Waals surface area contributed by atoms with E-state index in [-0.39, 0.29) is 5.97 Å². The number of carbonyl (C=O) groups is 1. The van der Waals surface area contributed by atoms with Gasteiger partial charge in [-0.1, -0.05) is 5.18 Å². The summed E-state index contributed by atoms with van der Waals surface area (Å²) in [6.07, 6.45) is 0. The Morgan fingerprint density at radius 2 is 2.31 bits per heavy atom. The van der Waals surface area contributed by atoms with E-state index in [0.717, 1.165) is 4.88 Å². The maximum atomic E-state index is 11.0. The second-order valence-corrected chi connectivity index (χ2v) is 3.59. The Morgan fingerprint density at radius 1 is 1.62 bits per heavy atom. The first kappa shape index (κ1) is 9.85. The first-order valence-electron chi connectivity index (χ1n) is 3.69. The van der Waals surface area contributed by atoms with E-state index in [1.54, 1.807) is 19.1 Å². The molecule has 1 aromatic rings. The monoisotopic (exact) mass is 199 g/mol. The molecule has 0 aliphatic carbocycles. The van der Waals surface area contributed by atoms with Crippen LogP contribution in [0.4, 0.5) is 0 Å². The summed E-state index contributed by atoms with van der Waals surface area (Å²) in [5.41, 5.74) is 0. The van der Waals surface area contributed by atoms with Crippen molar-refractivity contribution in [1.29, 1.82) is 0 Å². The van der Waals surface area contributed by atoms with Crippen molar-refractivity contribution < 1.29 is 9.53 Å². The van der Waals surface area contributed by atoms with Gasteiger partial charge in [0.15, 0.2) is 0 Å². The van der Waals surface area contributed by atoms with Gasteiger partial charge in [-0.2, -0.15) is 4.91 Å². The highest BCUT2D eigenvalue weighted by Crippen LogP contribution is 2.25. The molecule has 0 bridgehead atoms. The molecule has 0 aromatic carbocycles. The first-order chi connectivity index (χ1) is 6.19. The molecular weight excluding hydrogens is 190 g/mol. The van der Waals surface area contributed by atoms with Crippen molar-refractivity contribution in [1.82, 2.24) is 0 Å². The van der Waals surface area contributed by atoms with Crippen LogP contribution in [0.25, 0.3) is 0 Å². The number of nitrogens with zero attached hydrogens (tertiary/aromatic N) is 1. The highest BCUT2D eigenvalue weighted by Gasteiger charge is 2.12. The van der Waals surface area contributed by atoms with E-state index in [2.05, 4.69) is 9.91 Å². The molecular formula is C8H9NO3S. The predicted molar refractivity (Wildman–Crippen MR) is 49.9 cm³/mol. The van der Waals surface area contributed by atoms with Gasteiger partial charge in [0.2, 0.25) is 0 Å². The molecule has 0 radical (unpaired) electrons. The molecule has 0 spiro atoms. The molecule has 0 saturated heterocycles. The van der Waals surface area contributed by atoms with Gasteiger partial charge in [0.1, 0.15) is 10.9 Å². The molecule has 0 amide bonds. The Labute approximate surface area is 79.5 Å². The summed E-state index contributed by atoms with van der Waals surface area (Å²) in [7, 11) is 1.32. The molecule has 5 heteroatoms. The average molecular weight is 199 g/mol. The van der Waals surface area contributed by atoms with E-state index < -0.39 is 6.04 Å². The van der Waals surface area contributed by atoms with E-state index in [4.69, 9.17) is 0 Å². The zero-order valence-electron chi connectivity index (χ0n) is 7.31. The van der Waals surface area contributed by atoms with E-state index in [1.807, 2.05) is 0 Å². The van der Waals surface area contributed by atoms with Crippen molar-refractivity contribution in [3.63, 3.8) is 0 Å². The van der Waals surface area contributed by atoms with Crippen LogP contribution < -0.4 is 0 Å². The largest absolute Gasteiger partial charge is 0.465 e. The van der Waals surface area contributed by atoms with Crippen molar-refractivity contribution in [2.24, 2.45) is 5.18 Å². The quantitative estimate of drug-likeness (QED) is 0.554. The number of ether oxygens (including phenoxy) is 1. The summed E-state index contributed by atoms with van der Waals surface area (Å²) < 4.78 is 4.53. The van der Waals surface area contributed by atoms with Crippen LogP contribution in [-0.2, 0) is 4.74 Å². The van der Waals surface area contributed by atoms with Gasteiger partial charge in [0.05, 0.1) is 7.11 Å².